The Balaban J connectivity index is 1.55. The van der Waals surface area contributed by atoms with Gasteiger partial charge in [0, 0.05) is 25.2 Å². The first-order valence-electron chi connectivity index (χ1n) is 11.3. The molecular formula is C24H27F3N2O4. The Hall–Kier alpha value is -2.84. The number of alkyl halides is 3. The molecule has 1 aromatic rings. The Kier molecular flexibility index (Phi) is 6.24. The van der Waals surface area contributed by atoms with E-state index in [1.165, 1.54) is 12.1 Å². The molecule has 2 heterocycles. The maximum absolute atomic E-state index is 13.3. The number of ether oxygens (including phenoxy) is 1. The SMILES string of the molecule is CCOC(=O)[C@@]12CCCC3=C1N(CCC3)C(=O)[C@H]2CC(=O)NCc1cccc(C(F)(F)F)c1. The number of esters is 1. The van der Waals surface area contributed by atoms with Gasteiger partial charge in [0.15, 0.2) is 0 Å². The van der Waals surface area contributed by atoms with Gasteiger partial charge in [-0.2, -0.15) is 13.2 Å². The third kappa shape index (κ3) is 4.13. The van der Waals surface area contributed by atoms with Crippen molar-refractivity contribution < 1.29 is 32.3 Å². The van der Waals surface area contributed by atoms with Gasteiger partial charge in [0.05, 0.1) is 18.1 Å². The predicted molar refractivity (Wildman–Crippen MR) is 112 cm³/mol. The number of carbonyl (C=O) groups excluding carboxylic acids is 3. The molecule has 2 aliphatic heterocycles. The second-order valence-corrected chi connectivity index (χ2v) is 8.82. The van der Waals surface area contributed by atoms with Gasteiger partial charge < -0.3 is 15.0 Å². The molecule has 4 rings (SSSR count). The zero-order valence-electron chi connectivity index (χ0n) is 18.5. The van der Waals surface area contributed by atoms with Crippen molar-refractivity contribution in [3.8, 4) is 0 Å². The molecule has 0 spiro atoms. The molecule has 1 N–H and O–H groups in total. The normalized spacial score (nSPS) is 24.5. The summed E-state index contributed by atoms with van der Waals surface area (Å²) in [7, 11) is 0. The lowest BCUT2D eigenvalue weighted by atomic mass is 9.65. The Morgan fingerprint density at radius 2 is 2.00 bits per heavy atom. The number of allylic oxidation sites excluding steroid dienone is 1. The molecule has 0 aromatic heterocycles. The lowest BCUT2D eigenvalue weighted by Gasteiger charge is -2.39. The van der Waals surface area contributed by atoms with E-state index in [1.807, 2.05) is 0 Å². The summed E-state index contributed by atoms with van der Waals surface area (Å²) in [6, 6.07) is 4.74. The molecule has 0 saturated carbocycles. The molecule has 2 amide bonds. The second-order valence-electron chi connectivity index (χ2n) is 8.82. The number of nitrogens with zero attached hydrogens (tertiary/aromatic N) is 1. The second kappa shape index (κ2) is 8.83. The predicted octanol–water partition coefficient (Wildman–Crippen LogP) is 3.95. The van der Waals surface area contributed by atoms with Crippen molar-refractivity contribution in [2.75, 3.05) is 13.2 Å². The summed E-state index contributed by atoms with van der Waals surface area (Å²) in [6.45, 7) is 2.29. The molecule has 1 aliphatic carbocycles. The first-order valence-corrected chi connectivity index (χ1v) is 11.3. The van der Waals surface area contributed by atoms with Crippen LogP contribution in [-0.4, -0.2) is 35.8 Å². The highest BCUT2D eigenvalue weighted by Gasteiger charge is 2.63. The Morgan fingerprint density at radius 3 is 2.73 bits per heavy atom. The standard InChI is InChI=1S/C24H27F3N2O4/c1-2-33-22(32)23-10-4-7-16-8-5-11-29(20(16)23)21(31)18(23)13-19(30)28-14-15-6-3-9-17(12-15)24(25,26)27/h3,6,9,12,18H,2,4-5,7-8,10-11,13-14H2,1H3,(H,28,30)/t18-,23-/m1/s1. The third-order valence-electron chi connectivity index (χ3n) is 6.87. The van der Waals surface area contributed by atoms with Crippen molar-refractivity contribution in [2.24, 2.45) is 11.3 Å². The van der Waals surface area contributed by atoms with E-state index >= 15 is 0 Å². The summed E-state index contributed by atoms with van der Waals surface area (Å²) in [4.78, 5) is 41.0. The van der Waals surface area contributed by atoms with Crippen LogP contribution in [0.4, 0.5) is 13.2 Å². The Bertz CT molecular complexity index is 1000. The van der Waals surface area contributed by atoms with E-state index in [0.29, 0.717) is 18.5 Å². The lowest BCUT2D eigenvalue weighted by Crippen LogP contribution is -2.44. The minimum Gasteiger partial charge on any atom is -0.465 e. The molecule has 0 unspecified atom stereocenters. The largest absolute Gasteiger partial charge is 0.465 e. The topological polar surface area (TPSA) is 75.7 Å². The average molecular weight is 464 g/mol. The molecule has 6 nitrogen and oxygen atoms in total. The number of amides is 2. The van der Waals surface area contributed by atoms with Crippen LogP contribution >= 0.6 is 0 Å². The quantitative estimate of drug-likeness (QED) is 0.647. The summed E-state index contributed by atoms with van der Waals surface area (Å²) in [5.74, 6) is -2.07. The minimum atomic E-state index is -4.47. The van der Waals surface area contributed by atoms with Crippen molar-refractivity contribution in [1.82, 2.24) is 10.2 Å². The number of benzene rings is 1. The number of carbonyl (C=O) groups is 3. The van der Waals surface area contributed by atoms with E-state index in [2.05, 4.69) is 5.32 Å². The first-order chi connectivity index (χ1) is 15.7. The van der Waals surface area contributed by atoms with Gasteiger partial charge in [-0.15, -0.1) is 0 Å². The molecule has 178 valence electrons. The summed E-state index contributed by atoms with van der Waals surface area (Å²) < 4.78 is 44.2. The summed E-state index contributed by atoms with van der Waals surface area (Å²) in [5, 5.41) is 2.62. The van der Waals surface area contributed by atoms with E-state index in [4.69, 9.17) is 4.74 Å². The molecule has 1 fully saturated rings. The van der Waals surface area contributed by atoms with Crippen LogP contribution in [0.5, 0.6) is 0 Å². The van der Waals surface area contributed by atoms with Crippen molar-refractivity contribution in [1.29, 1.82) is 0 Å². The van der Waals surface area contributed by atoms with Crippen LogP contribution in [0.2, 0.25) is 0 Å². The summed E-state index contributed by atoms with van der Waals surface area (Å²) in [6.07, 6.45) is -1.04. The molecule has 0 bridgehead atoms. The number of hydrogen-bond acceptors (Lipinski definition) is 4. The van der Waals surface area contributed by atoms with E-state index in [1.54, 1.807) is 11.8 Å². The molecular weight excluding hydrogens is 437 g/mol. The Labute approximate surface area is 190 Å². The van der Waals surface area contributed by atoms with Crippen molar-refractivity contribution in [3.63, 3.8) is 0 Å². The van der Waals surface area contributed by atoms with Gasteiger partial charge >= 0.3 is 12.1 Å². The maximum Gasteiger partial charge on any atom is 0.416 e. The summed E-state index contributed by atoms with van der Waals surface area (Å²) >= 11 is 0. The highest BCUT2D eigenvalue weighted by molar-refractivity contribution is 5.99. The van der Waals surface area contributed by atoms with Gasteiger partial charge in [-0.05, 0) is 62.3 Å². The summed E-state index contributed by atoms with van der Waals surface area (Å²) in [5.41, 5.74) is 0.185. The molecule has 1 saturated heterocycles. The monoisotopic (exact) mass is 464 g/mol. The number of nitrogens with one attached hydrogen (secondary N) is 1. The molecule has 3 aliphatic rings. The van der Waals surface area contributed by atoms with Gasteiger partial charge in [-0.1, -0.05) is 12.1 Å². The van der Waals surface area contributed by atoms with Crippen molar-refractivity contribution in [2.45, 2.75) is 58.2 Å². The van der Waals surface area contributed by atoms with Crippen LogP contribution in [0.3, 0.4) is 0 Å². The van der Waals surface area contributed by atoms with Gasteiger partial charge in [0.2, 0.25) is 11.8 Å². The van der Waals surface area contributed by atoms with E-state index < -0.39 is 34.9 Å². The molecule has 0 radical (unpaired) electrons. The lowest BCUT2D eigenvalue weighted by molar-refractivity contribution is -0.158. The maximum atomic E-state index is 13.3. The smallest absolute Gasteiger partial charge is 0.416 e. The molecule has 1 aromatic carbocycles. The van der Waals surface area contributed by atoms with Gasteiger partial charge in [-0.25, -0.2) is 0 Å². The van der Waals surface area contributed by atoms with Crippen LogP contribution in [0.1, 0.15) is 56.6 Å². The zero-order valence-corrected chi connectivity index (χ0v) is 18.5. The van der Waals surface area contributed by atoms with E-state index in [9.17, 15) is 27.6 Å². The van der Waals surface area contributed by atoms with Crippen molar-refractivity contribution in [3.05, 3.63) is 46.7 Å². The van der Waals surface area contributed by atoms with E-state index in [-0.39, 0.29) is 25.5 Å². The number of rotatable bonds is 6. The fourth-order valence-electron chi connectivity index (χ4n) is 5.51. The van der Waals surface area contributed by atoms with Gasteiger partial charge in [0.25, 0.3) is 0 Å². The zero-order chi connectivity index (χ0) is 23.8. The number of halogens is 3. The van der Waals surface area contributed by atoms with Gasteiger partial charge in [0.1, 0.15) is 5.41 Å². The fraction of sp³-hybridized carbons (Fsp3) is 0.542. The van der Waals surface area contributed by atoms with Crippen LogP contribution in [0.15, 0.2) is 35.5 Å². The first kappa shape index (κ1) is 23.3. The van der Waals surface area contributed by atoms with Crippen LogP contribution in [-0.2, 0) is 31.8 Å². The molecule has 9 heteroatoms. The van der Waals surface area contributed by atoms with Crippen LogP contribution in [0, 0.1) is 11.3 Å². The highest BCUT2D eigenvalue weighted by atomic mass is 19.4. The molecule has 33 heavy (non-hydrogen) atoms. The Morgan fingerprint density at radius 1 is 1.24 bits per heavy atom. The number of hydrogen-bond donors (Lipinski definition) is 1. The average Bonchev–Trinajstić information content (AvgIpc) is 3.03. The third-order valence-corrected chi connectivity index (χ3v) is 6.87. The van der Waals surface area contributed by atoms with Crippen LogP contribution < -0.4 is 5.32 Å². The van der Waals surface area contributed by atoms with Gasteiger partial charge in [-0.3, -0.25) is 14.4 Å². The van der Waals surface area contributed by atoms with Crippen LogP contribution in [0.25, 0.3) is 0 Å². The highest BCUT2D eigenvalue weighted by Crippen LogP contribution is 2.57. The minimum absolute atomic E-state index is 0.103. The fourth-order valence-corrected chi connectivity index (χ4v) is 5.51. The molecule has 2 atom stereocenters. The van der Waals surface area contributed by atoms with Crippen molar-refractivity contribution >= 4 is 17.8 Å². The van der Waals surface area contributed by atoms with E-state index in [0.717, 1.165) is 49.1 Å².